The summed E-state index contributed by atoms with van der Waals surface area (Å²) in [5, 5.41) is 4.47. The second-order valence-corrected chi connectivity index (χ2v) is 8.63. The van der Waals surface area contributed by atoms with E-state index in [9.17, 15) is 0 Å². The maximum absolute atomic E-state index is 6.00. The molecule has 5 rings (SSSR count). The fourth-order valence-electron chi connectivity index (χ4n) is 4.45. The van der Waals surface area contributed by atoms with Crippen molar-refractivity contribution >= 4 is 28.4 Å². The first kappa shape index (κ1) is 22.2. The van der Waals surface area contributed by atoms with Crippen molar-refractivity contribution in [3.05, 3.63) is 78.9 Å². The van der Waals surface area contributed by atoms with Gasteiger partial charge in [-0.15, -0.1) is 0 Å². The third-order valence-electron chi connectivity index (χ3n) is 6.36. The van der Waals surface area contributed by atoms with E-state index in [1.54, 1.807) is 7.11 Å². The molecule has 1 radical (unpaired) electrons. The molecule has 2 aliphatic rings. The van der Waals surface area contributed by atoms with Crippen molar-refractivity contribution in [3.63, 3.8) is 0 Å². The number of ether oxygens (including phenoxy) is 2. The highest BCUT2D eigenvalue weighted by Crippen LogP contribution is 2.26. The second kappa shape index (κ2) is 10.5. The van der Waals surface area contributed by atoms with Gasteiger partial charge in [-0.1, -0.05) is 18.2 Å². The molecule has 0 atom stereocenters. The number of hydrogen-bond donors (Lipinski definition) is 1. The molecule has 1 fully saturated rings. The Bertz CT molecular complexity index is 1180. The number of allylic oxidation sites excluding steroid dienone is 2. The maximum atomic E-state index is 6.00. The van der Waals surface area contributed by atoms with Crippen molar-refractivity contribution in [2.24, 2.45) is 5.92 Å². The molecular weight excluding hydrogens is 426 g/mol. The number of fused-ring (bicyclic) bond motifs is 1. The van der Waals surface area contributed by atoms with Gasteiger partial charge in [-0.2, -0.15) is 4.98 Å². The molecule has 3 heterocycles. The van der Waals surface area contributed by atoms with E-state index in [2.05, 4.69) is 44.8 Å². The van der Waals surface area contributed by atoms with Crippen LogP contribution in [0.25, 0.3) is 10.9 Å². The first-order chi connectivity index (χ1) is 16.8. The Morgan fingerprint density at radius 3 is 2.85 bits per heavy atom. The second-order valence-electron chi connectivity index (χ2n) is 8.63. The lowest BCUT2D eigenvalue weighted by molar-refractivity contribution is 0.155. The predicted octanol–water partition coefficient (Wildman–Crippen LogP) is 5.41. The molecule has 7 heteroatoms. The van der Waals surface area contributed by atoms with Gasteiger partial charge >= 0.3 is 0 Å². The van der Waals surface area contributed by atoms with E-state index in [-0.39, 0.29) is 0 Å². The van der Waals surface area contributed by atoms with Crippen LogP contribution in [0.15, 0.2) is 72.5 Å². The summed E-state index contributed by atoms with van der Waals surface area (Å²) in [6, 6.07) is 12.1. The van der Waals surface area contributed by atoms with Crippen LogP contribution in [0.1, 0.15) is 25.7 Å². The minimum Gasteiger partial charge on any atom is -0.493 e. The average molecular weight is 457 g/mol. The van der Waals surface area contributed by atoms with Crippen molar-refractivity contribution in [3.8, 4) is 0 Å². The lowest BCUT2D eigenvalue weighted by Crippen LogP contribution is -2.35. The van der Waals surface area contributed by atoms with E-state index in [1.807, 2.05) is 42.7 Å². The number of methoxy groups -OCH3 is 1. The number of pyridine rings is 1. The lowest BCUT2D eigenvalue weighted by Gasteiger charge is -2.32. The smallest absolute Gasteiger partial charge is 0.227 e. The third kappa shape index (κ3) is 5.30. The molecular formula is C27H30N5O2. The van der Waals surface area contributed by atoms with Crippen LogP contribution in [-0.2, 0) is 9.47 Å². The molecule has 3 aromatic rings. The van der Waals surface area contributed by atoms with Gasteiger partial charge in [-0.05, 0) is 68.4 Å². The summed E-state index contributed by atoms with van der Waals surface area (Å²) in [6.07, 6.45) is 13.9. The molecule has 0 bridgehead atoms. The molecule has 0 spiro atoms. The van der Waals surface area contributed by atoms with E-state index >= 15 is 0 Å². The fourth-order valence-corrected chi connectivity index (χ4v) is 4.45. The molecule has 1 saturated heterocycles. The first-order valence-electron chi connectivity index (χ1n) is 11.9. The molecule has 34 heavy (non-hydrogen) atoms. The van der Waals surface area contributed by atoms with E-state index in [0.717, 1.165) is 78.6 Å². The number of piperidine rings is 1. The third-order valence-corrected chi connectivity index (χ3v) is 6.36. The van der Waals surface area contributed by atoms with Gasteiger partial charge in [-0.3, -0.25) is 4.98 Å². The van der Waals surface area contributed by atoms with E-state index in [1.165, 1.54) is 0 Å². The van der Waals surface area contributed by atoms with Gasteiger partial charge < -0.3 is 19.7 Å². The predicted molar refractivity (Wildman–Crippen MR) is 135 cm³/mol. The fraction of sp³-hybridized carbons (Fsp3) is 0.333. The molecule has 1 aliphatic carbocycles. The number of rotatable bonds is 8. The number of nitrogens with zero attached hydrogens (tertiary/aromatic N) is 4. The van der Waals surface area contributed by atoms with Gasteiger partial charge in [0.2, 0.25) is 5.95 Å². The highest BCUT2D eigenvalue weighted by Gasteiger charge is 2.22. The summed E-state index contributed by atoms with van der Waals surface area (Å²) >= 11 is 0. The highest BCUT2D eigenvalue weighted by molar-refractivity contribution is 5.82. The van der Waals surface area contributed by atoms with Crippen LogP contribution < -0.4 is 10.2 Å². The maximum Gasteiger partial charge on any atom is 0.227 e. The van der Waals surface area contributed by atoms with Crippen LogP contribution in [0.5, 0.6) is 0 Å². The van der Waals surface area contributed by atoms with Crippen molar-refractivity contribution in [1.29, 1.82) is 0 Å². The number of nitrogens with one attached hydrogen (secondary N) is 1. The zero-order chi connectivity index (χ0) is 23.2. The Balaban J connectivity index is 1.13. The van der Waals surface area contributed by atoms with E-state index in [0.29, 0.717) is 12.5 Å². The average Bonchev–Trinajstić information content (AvgIpc) is 2.89. The summed E-state index contributed by atoms with van der Waals surface area (Å²) in [4.78, 5) is 16.1. The largest absolute Gasteiger partial charge is 0.493 e. The topological polar surface area (TPSA) is 72.4 Å². The molecule has 1 N–H and O–H groups in total. The molecule has 2 aromatic heterocycles. The quantitative estimate of drug-likeness (QED) is 0.486. The monoisotopic (exact) mass is 456 g/mol. The number of anilines is 3. The van der Waals surface area contributed by atoms with Gasteiger partial charge in [-0.25, -0.2) is 4.98 Å². The van der Waals surface area contributed by atoms with Gasteiger partial charge in [0.1, 0.15) is 5.82 Å². The van der Waals surface area contributed by atoms with Crippen LogP contribution in [0, 0.1) is 12.3 Å². The van der Waals surface area contributed by atoms with E-state index < -0.39 is 0 Å². The molecule has 0 unspecified atom stereocenters. The standard InChI is InChI=1S/C27H30N5O2/c1-33-24-8-4-5-9-25(24)34-17-13-20-11-15-32(16-12-20)27-28-14-10-26(31-27)30-22-18-21-6-2-3-7-23(21)29-19-22/h2-4,6-10,14,18-20H,5,11-13,15-17H2,1H3,(H,28,30,31). The van der Waals surface area contributed by atoms with Gasteiger partial charge in [0, 0.05) is 24.7 Å². The van der Waals surface area contributed by atoms with Crippen molar-refractivity contribution < 1.29 is 9.47 Å². The molecule has 7 nitrogen and oxygen atoms in total. The van der Waals surface area contributed by atoms with E-state index in [4.69, 9.17) is 14.5 Å². The first-order valence-corrected chi connectivity index (χ1v) is 11.9. The zero-order valence-corrected chi connectivity index (χ0v) is 19.5. The molecule has 1 aliphatic heterocycles. The Labute approximate surface area is 200 Å². The van der Waals surface area contributed by atoms with Gasteiger partial charge in [0.25, 0.3) is 0 Å². The number of hydrogen-bond acceptors (Lipinski definition) is 7. The molecule has 0 amide bonds. The van der Waals surface area contributed by atoms with Crippen molar-refractivity contribution in [2.45, 2.75) is 25.7 Å². The Morgan fingerprint density at radius 1 is 1.09 bits per heavy atom. The summed E-state index contributed by atoms with van der Waals surface area (Å²) in [6.45, 7) is 2.62. The minimum atomic E-state index is 0.645. The van der Waals surface area contributed by atoms with Crippen LogP contribution in [0.3, 0.4) is 0 Å². The summed E-state index contributed by atoms with van der Waals surface area (Å²) in [5.74, 6) is 3.87. The highest BCUT2D eigenvalue weighted by atomic mass is 16.5. The summed E-state index contributed by atoms with van der Waals surface area (Å²) in [5.41, 5.74) is 1.90. The van der Waals surface area contributed by atoms with Crippen LogP contribution in [-0.4, -0.2) is 41.8 Å². The number of para-hydroxylation sites is 1. The summed E-state index contributed by atoms with van der Waals surface area (Å²) in [7, 11) is 1.68. The van der Waals surface area contributed by atoms with Gasteiger partial charge in [0.15, 0.2) is 11.5 Å². The minimum absolute atomic E-state index is 0.645. The van der Waals surface area contributed by atoms with Crippen LogP contribution >= 0.6 is 0 Å². The van der Waals surface area contributed by atoms with Crippen LogP contribution in [0.2, 0.25) is 0 Å². The van der Waals surface area contributed by atoms with Crippen molar-refractivity contribution in [2.75, 3.05) is 37.0 Å². The molecule has 1 aromatic carbocycles. The Hall–Kier alpha value is -3.61. The zero-order valence-electron chi connectivity index (χ0n) is 19.5. The molecule has 0 saturated carbocycles. The Kier molecular flexibility index (Phi) is 6.89. The van der Waals surface area contributed by atoms with Crippen LogP contribution in [0.4, 0.5) is 17.5 Å². The normalized spacial score (nSPS) is 16.7. The Morgan fingerprint density at radius 2 is 1.97 bits per heavy atom. The lowest BCUT2D eigenvalue weighted by atomic mass is 9.94. The molecule has 175 valence electrons. The van der Waals surface area contributed by atoms with Crippen molar-refractivity contribution in [1.82, 2.24) is 15.0 Å². The SMILES string of the molecule is COC1=C[CH]CC=C1OCCC1CCN(c2nccc(Nc3cnc4ccccc4c3)n2)CC1. The summed E-state index contributed by atoms with van der Waals surface area (Å²) < 4.78 is 11.4. The number of benzene rings is 1. The number of aromatic nitrogens is 3. The van der Waals surface area contributed by atoms with Gasteiger partial charge in [0.05, 0.1) is 31.1 Å².